The van der Waals surface area contributed by atoms with Gasteiger partial charge in [0.1, 0.15) is 11.9 Å². The Morgan fingerprint density at radius 2 is 1.65 bits per heavy atom. The normalized spacial score (nSPS) is 12.3. The van der Waals surface area contributed by atoms with Crippen LogP contribution in [0.2, 0.25) is 0 Å². The number of carbonyl (C=O) groups is 3. The minimum atomic E-state index is -0.704. The number of esters is 1. The van der Waals surface area contributed by atoms with Crippen LogP contribution in [0.25, 0.3) is 0 Å². The van der Waals surface area contributed by atoms with Crippen molar-refractivity contribution in [3.05, 3.63) is 71.3 Å². The molecule has 0 heterocycles. The first-order chi connectivity index (χ1) is 17.8. The van der Waals surface area contributed by atoms with Crippen LogP contribution < -0.4 is 21.7 Å². The summed E-state index contributed by atoms with van der Waals surface area (Å²) in [4.78, 5) is 36.9. The highest BCUT2D eigenvalue weighted by Crippen LogP contribution is 2.08. The van der Waals surface area contributed by atoms with E-state index in [0.717, 1.165) is 36.8 Å². The van der Waals surface area contributed by atoms with Crippen LogP contribution in [0.3, 0.4) is 0 Å². The Bertz CT molecular complexity index is 1010. The molecule has 0 aliphatic carbocycles. The number of rotatable bonds is 16. The number of hydrogen-bond acceptors (Lipinski definition) is 6. The molecule has 0 radical (unpaired) electrons. The number of methoxy groups -OCH3 is 1. The third-order valence-corrected chi connectivity index (χ3v) is 6.04. The summed E-state index contributed by atoms with van der Waals surface area (Å²) in [6.07, 6.45) is 4.12. The molecular weight excluding hydrogens is 470 g/mol. The van der Waals surface area contributed by atoms with Crippen molar-refractivity contribution in [2.24, 2.45) is 5.73 Å². The maximum Gasteiger partial charge on any atom is 0.305 e. The Balaban J connectivity index is 1.85. The first-order valence-corrected chi connectivity index (χ1v) is 12.7. The van der Waals surface area contributed by atoms with Crippen LogP contribution in [0.5, 0.6) is 0 Å². The van der Waals surface area contributed by atoms with Gasteiger partial charge in [-0.15, -0.1) is 0 Å². The van der Waals surface area contributed by atoms with E-state index in [4.69, 9.17) is 11.1 Å². The molecule has 0 aromatic heterocycles. The number of carbonyl (C=O) groups excluding carboxylic acids is 3. The highest BCUT2D eigenvalue weighted by atomic mass is 16.5. The Kier molecular flexibility index (Phi) is 12.8. The van der Waals surface area contributed by atoms with Gasteiger partial charge in [0.15, 0.2) is 0 Å². The van der Waals surface area contributed by atoms with Gasteiger partial charge >= 0.3 is 5.97 Å². The molecule has 2 aromatic rings. The molecule has 0 spiro atoms. The molecule has 0 aliphatic heterocycles. The molecule has 0 fully saturated rings. The van der Waals surface area contributed by atoms with Gasteiger partial charge in [-0.3, -0.25) is 19.8 Å². The van der Waals surface area contributed by atoms with Crippen molar-refractivity contribution in [1.82, 2.24) is 16.0 Å². The van der Waals surface area contributed by atoms with E-state index in [0.29, 0.717) is 31.5 Å². The van der Waals surface area contributed by atoms with Gasteiger partial charge < -0.3 is 26.4 Å². The maximum absolute atomic E-state index is 13.1. The van der Waals surface area contributed by atoms with Gasteiger partial charge in [0.05, 0.1) is 13.2 Å². The predicted molar refractivity (Wildman–Crippen MR) is 144 cm³/mol. The summed E-state index contributed by atoms with van der Waals surface area (Å²) in [5.74, 6) is -0.732. The molecule has 9 heteroatoms. The fourth-order valence-electron chi connectivity index (χ4n) is 3.75. The van der Waals surface area contributed by atoms with Gasteiger partial charge in [0.2, 0.25) is 11.8 Å². The van der Waals surface area contributed by atoms with Gasteiger partial charge in [-0.2, -0.15) is 0 Å². The summed E-state index contributed by atoms with van der Waals surface area (Å²) >= 11 is 0. The molecule has 200 valence electrons. The monoisotopic (exact) mass is 509 g/mol. The van der Waals surface area contributed by atoms with Crippen LogP contribution in [-0.4, -0.2) is 49.4 Å². The van der Waals surface area contributed by atoms with E-state index in [2.05, 4.69) is 20.7 Å². The smallest absolute Gasteiger partial charge is 0.305 e. The molecule has 2 rings (SSSR count). The van der Waals surface area contributed by atoms with E-state index in [9.17, 15) is 14.4 Å². The molecule has 0 saturated heterocycles. The fourth-order valence-corrected chi connectivity index (χ4v) is 3.75. The average Bonchev–Trinajstić information content (AvgIpc) is 2.91. The maximum atomic E-state index is 13.1. The van der Waals surface area contributed by atoms with Crippen molar-refractivity contribution in [2.45, 2.75) is 64.1 Å². The van der Waals surface area contributed by atoms with E-state index in [1.54, 1.807) is 31.2 Å². The second-order valence-electron chi connectivity index (χ2n) is 8.98. The highest BCUT2D eigenvalue weighted by molar-refractivity contribution is 5.95. The molecule has 0 aliphatic rings. The quantitative estimate of drug-likeness (QED) is 0.102. The lowest BCUT2D eigenvalue weighted by molar-refractivity contribution is -0.140. The summed E-state index contributed by atoms with van der Waals surface area (Å²) < 4.78 is 4.66. The van der Waals surface area contributed by atoms with Crippen LogP contribution in [0.15, 0.2) is 54.6 Å². The minimum Gasteiger partial charge on any atom is -0.469 e. The van der Waals surface area contributed by atoms with Crippen LogP contribution >= 0.6 is 0 Å². The number of amides is 2. The molecular formula is C28H39N5O4. The Hall–Kier alpha value is -3.72. The molecule has 2 amide bonds. The number of amidine groups is 1. The first-order valence-electron chi connectivity index (χ1n) is 12.7. The van der Waals surface area contributed by atoms with Crippen LogP contribution in [0, 0.1) is 5.41 Å². The Morgan fingerprint density at radius 1 is 0.946 bits per heavy atom. The van der Waals surface area contributed by atoms with Gasteiger partial charge in [0, 0.05) is 18.5 Å². The summed E-state index contributed by atoms with van der Waals surface area (Å²) in [5, 5.41) is 16.4. The number of nitrogens with one attached hydrogen (secondary N) is 4. The number of hydrogen-bond donors (Lipinski definition) is 5. The van der Waals surface area contributed by atoms with Crippen molar-refractivity contribution in [3.63, 3.8) is 0 Å². The topological polar surface area (TPSA) is 146 Å². The second kappa shape index (κ2) is 16.1. The van der Waals surface area contributed by atoms with Crippen LogP contribution in [0.4, 0.5) is 0 Å². The number of ether oxygens (including phenoxy) is 1. The van der Waals surface area contributed by atoms with Gasteiger partial charge in [0.25, 0.3) is 0 Å². The zero-order valence-corrected chi connectivity index (χ0v) is 21.7. The third-order valence-electron chi connectivity index (χ3n) is 6.04. The van der Waals surface area contributed by atoms with Gasteiger partial charge in [-0.05, 0) is 50.3 Å². The van der Waals surface area contributed by atoms with Crippen molar-refractivity contribution < 1.29 is 19.1 Å². The average molecular weight is 510 g/mol. The first kappa shape index (κ1) is 29.5. The van der Waals surface area contributed by atoms with E-state index in [1.807, 2.05) is 30.3 Å². The predicted octanol–water partition coefficient (Wildman–Crippen LogP) is 2.42. The number of benzene rings is 2. The second-order valence-corrected chi connectivity index (χ2v) is 8.98. The molecule has 0 saturated carbocycles. The fraction of sp³-hybridized carbons (Fsp3) is 0.429. The Labute approximate surface area is 219 Å². The number of nitrogens with two attached hydrogens (primary N) is 1. The van der Waals surface area contributed by atoms with E-state index >= 15 is 0 Å². The lowest BCUT2D eigenvalue weighted by Gasteiger charge is -2.21. The van der Waals surface area contributed by atoms with E-state index in [-0.39, 0.29) is 23.6 Å². The lowest BCUT2D eigenvalue weighted by atomic mass is 10.0. The zero-order chi connectivity index (χ0) is 27.0. The van der Waals surface area contributed by atoms with E-state index < -0.39 is 12.1 Å². The zero-order valence-electron chi connectivity index (χ0n) is 21.7. The molecule has 6 N–H and O–H groups in total. The Morgan fingerprint density at radius 3 is 2.30 bits per heavy atom. The third kappa shape index (κ3) is 11.3. The van der Waals surface area contributed by atoms with Crippen molar-refractivity contribution in [2.75, 3.05) is 13.7 Å². The van der Waals surface area contributed by atoms with Gasteiger partial charge in [-0.1, -0.05) is 61.0 Å². The SMILES string of the molecule is COC(=O)CCCCCN[C@H](CCc1ccccc1)C(=O)N[C@@H](C)C(=O)NCc1ccc(C(=N)N)cc1. The molecule has 9 nitrogen and oxygen atoms in total. The van der Waals surface area contributed by atoms with Gasteiger partial charge in [-0.25, -0.2) is 0 Å². The van der Waals surface area contributed by atoms with Crippen LogP contribution in [0.1, 0.15) is 55.7 Å². The molecule has 37 heavy (non-hydrogen) atoms. The molecule has 0 bridgehead atoms. The molecule has 0 unspecified atom stereocenters. The van der Waals surface area contributed by atoms with E-state index in [1.165, 1.54) is 7.11 Å². The summed E-state index contributed by atoms with van der Waals surface area (Å²) in [5.41, 5.74) is 8.10. The van der Waals surface area contributed by atoms with Crippen molar-refractivity contribution in [1.29, 1.82) is 5.41 Å². The number of nitrogen functional groups attached to an aromatic ring is 1. The standard InChI is InChI=1S/C28H39N5O4/c1-20(27(35)32-19-22-12-15-23(16-13-22)26(29)30)33-28(36)24(17-14-21-9-5-3-6-10-21)31-18-8-4-7-11-25(34)37-2/h3,5-6,9-10,12-13,15-16,20,24,31H,4,7-8,11,14,17-19H2,1-2H3,(H3,29,30)(H,32,35)(H,33,36)/t20-,24+/m0/s1. The molecule has 2 aromatic carbocycles. The summed E-state index contributed by atoms with van der Waals surface area (Å²) in [7, 11) is 1.38. The lowest BCUT2D eigenvalue weighted by Crippen LogP contribution is -2.51. The number of unbranched alkanes of at least 4 members (excludes halogenated alkanes) is 2. The molecule has 2 atom stereocenters. The van der Waals surface area contributed by atoms with Crippen molar-refractivity contribution in [3.8, 4) is 0 Å². The largest absolute Gasteiger partial charge is 0.469 e. The number of aryl methyl sites for hydroxylation is 1. The summed E-state index contributed by atoms with van der Waals surface area (Å²) in [6, 6.07) is 15.9. The van der Waals surface area contributed by atoms with Crippen LogP contribution in [-0.2, 0) is 32.1 Å². The highest BCUT2D eigenvalue weighted by Gasteiger charge is 2.22. The summed E-state index contributed by atoms with van der Waals surface area (Å²) in [6.45, 7) is 2.59. The minimum absolute atomic E-state index is 0.0106. The van der Waals surface area contributed by atoms with Crippen molar-refractivity contribution >= 4 is 23.6 Å².